The molecule has 0 saturated carbocycles. The molecule has 2 aromatic heterocycles. The Balaban J connectivity index is 1.57. The SMILES string of the molecule is COc1ccc(N2CCN(c3c(-c4c(F)cccc4Cl)c(Cl)nc4ncnn34)CC2C)cc1. The number of benzene rings is 2. The zero-order valence-corrected chi connectivity index (χ0v) is 19.6. The third-order valence-electron chi connectivity index (χ3n) is 5.90. The summed E-state index contributed by atoms with van der Waals surface area (Å²) in [5, 5.41) is 4.73. The summed E-state index contributed by atoms with van der Waals surface area (Å²) in [6.45, 7) is 4.20. The number of fused-ring (bicyclic) bond motifs is 1. The Morgan fingerprint density at radius 1 is 1.06 bits per heavy atom. The first-order chi connectivity index (χ1) is 16.0. The first-order valence-electron chi connectivity index (χ1n) is 10.5. The molecule has 0 radical (unpaired) electrons. The van der Waals surface area contributed by atoms with Gasteiger partial charge in [0.05, 0.1) is 17.7 Å². The van der Waals surface area contributed by atoms with Crippen LogP contribution in [0.3, 0.4) is 0 Å². The van der Waals surface area contributed by atoms with Gasteiger partial charge in [0.1, 0.15) is 28.9 Å². The lowest BCUT2D eigenvalue weighted by molar-refractivity contribution is 0.414. The van der Waals surface area contributed by atoms with Gasteiger partial charge in [0.15, 0.2) is 0 Å². The van der Waals surface area contributed by atoms with Gasteiger partial charge in [-0.25, -0.2) is 4.39 Å². The molecular formula is C23H21Cl2FN6O. The highest BCUT2D eigenvalue weighted by Gasteiger charge is 2.31. The first kappa shape index (κ1) is 21.7. The van der Waals surface area contributed by atoms with Gasteiger partial charge in [0.25, 0.3) is 5.78 Å². The predicted octanol–water partition coefficient (Wildman–Crippen LogP) is 4.96. The summed E-state index contributed by atoms with van der Waals surface area (Å²) in [6.07, 6.45) is 1.41. The van der Waals surface area contributed by atoms with Crippen molar-refractivity contribution < 1.29 is 9.13 Å². The highest BCUT2D eigenvalue weighted by atomic mass is 35.5. The summed E-state index contributed by atoms with van der Waals surface area (Å²) >= 11 is 13.0. The number of anilines is 2. The molecule has 1 fully saturated rings. The fraction of sp³-hybridized carbons (Fsp3) is 0.261. The molecule has 10 heteroatoms. The lowest BCUT2D eigenvalue weighted by atomic mass is 10.1. The van der Waals surface area contributed by atoms with Crippen molar-refractivity contribution >= 4 is 40.5 Å². The van der Waals surface area contributed by atoms with E-state index in [1.807, 2.05) is 12.1 Å². The maximum Gasteiger partial charge on any atom is 0.255 e. The van der Waals surface area contributed by atoms with E-state index in [9.17, 15) is 4.39 Å². The van der Waals surface area contributed by atoms with Crippen molar-refractivity contribution in [1.82, 2.24) is 19.6 Å². The summed E-state index contributed by atoms with van der Waals surface area (Å²) in [5.41, 5.74) is 1.72. The zero-order chi connectivity index (χ0) is 23.1. The van der Waals surface area contributed by atoms with Gasteiger partial charge < -0.3 is 14.5 Å². The third kappa shape index (κ3) is 3.83. The van der Waals surface area contributed by atoms with Crippen LogP contribution in [-0.2, 0) is 0 Å². The Bertz CT molecular complexity index is 1290. The van der Waals surface area contributed by atoms with Crippen LogP contribution in [0.2, 0.25) is 10.2 Å². The van der Waals surface area contributed by atoms with Gasteiger partial charge in [0.2, 0.25) is 0 Å². The normalized spacial score (nSPS) is 16.5. The number of nitrogens with zero attached hydrogens (tertiary/aromatic N) is 6. The highest BCUT2D eigenvalue weighted by Crippen LogP contribution is 2.41. The van der Waals surface area contributed by atoms with Crippen LogP contribution in [0, 0.1) is 5.82 Å². The quantitative estimate of drug-likeness (QED) is 0.380. The van der Waals surface area contributed by atoms with Crippen LogP contribution in [-0.4, -0.2) is 52.4 Å². The summed E-state index contributed by atoms with van der Waals surface area (Å²) in [5.74, 6) is 1.31. The van der Waals surface area contributed by atoms with E-state index in [2.05, 4.69) is 43.9 Å². The van der Waals surface area contributed by atoms with Gasteiger partial charge in [-0.05, 0) is 43.3 Å². The minimum atomic E-state index is -0.475. The summed E-state index contributed by atoms with van der Waals surface area (Å²) < 4.78 is 21.8. The maximum atomic E-state index is 15.0. The molecule has 33 heavy (non-hydrogen) atoms. The highest BCUT2D eigenvalue weighted by molar-refractivity contribution is 6.36. The second-order valence-electron chi connectivity index (χ2n) is 7.86. The second-order valence-corrected chi connectivity index (χ2v) is 8.62. The van der Waals surface area contributed by atoms with E-state index < -0.39 is 5.82 Å². The maximum absolute atomic E-state index is 15.0. The van der Waals surface area contributed by atoms with Crippen LogP contribution in [0.15, 0.2) is 48.8 Å². The summed E-state index contributed by atoms with van der Waals surface area (Å²) in [7, 11) is 1.65. The van der Waals surface area contributed by atoms with Crippen LogP contribution >= 0.6 is 23.2 Å². The number of hydrogen-bond acceptors (Lipinski definition) is 6. The van der Waals surface area contributed by atoms with Crippen molar-refractivity contribution in [2.75, 3.05) is 36.5 Å². The van der Waals surface area contributed by atoms with E-state index in [1.165, 1.54) is 12.4 Å². The molecule has 0 amide bonds. The minimum Gasteiger partial charge on any atom is -0.497 e. The van der Waals surface area contributed by atoms with E-state index in [1.54, 1.807) is 23.8 Å². The predicted molar refractivity (Wildman–Crippen MR) is 128 cm³/mol. The van der Waals surface area contributed by atoms with E-state index in [0.717, 1.165) is 18.0 Å². The molecular weight excluding hydrogens is 466 g/mol. The standard InChI is InChI=1S/C23H21Cl2FN6O/c1-14-12-30(10-11-31(14)15-6-8-16(33-2)9-7-15)22-20(19-17(24)4-3-5-18(19)26)21(25)29-23-27-13-28-32(22)23/h3-9,13-14H,10-12H2,1-2H3. The Hall–Kier alpha value is -3.10. The van der Waals surface area contributed by atoms with Gasteiger partial charge in [-0.3, -0.25) is 0 Å². The fourth-order valence-corrected chi connectivity index (χ4v) is 4.87. The Morgan fingerprint density at radius 2 is 1.85 bits per heavy atom. The molecule has 3 heterocycles. The van der Waals surface area contributed by atoms with E-state index in [0.29, 0.717) is 30.2 Å². The molecule has 0 aliphatic carbocycles. The van der Waals surface area contributed by atoms with Crippen LogP contribution in [0.5, 0.6) is 5.75 Å². The molecule has 1 atom stereocenters. The van der Waals surface area contributed by atoms with Gasteiger partial charge in [-0.2, -0.15) is 19.6 Å². The van der Waals surface area contributed by atoms with Crippen molar-refractivity contribution in [3.05, 3.63) is 64.8 Å². The fourth-order valence-electron chi connectivity index (χ4n) is 4.35. The number of halogens is 3. The topological polar surface area (TPSA) is 58.8 Å². The number of methoxy groups -OCH3 is 1. The molecule has 1 unspecified atom stereocenters. The van der Waals surface area contributed by atoms with Crippen molar-refractivity contribution in [3.63, 3.8) is 0 Å². The molecule has 170 valence electrons. The summed E-state index contributed by atoms with van der Waals surface area (Å²) in [6, 6.07) is 12.7. The lowest BCUT2D eigenvalue weighted by Crippen LogP contribution is -2.52. The van der Waals surface area contributed by atoms with Crippen molar-refractivity contribution in [2.24, 2.45) is 0 Å². The van der Waals surface area contributed by atoms with Gasteiger partial charge in [-0.1, -0.05) is 29.3 Å². The largest absolute Gasteiger partial charge is 0.497 e. The number of ether oxygens (including phenoxy) is 1. The van der Waals surface area contributed by atoms with E-state index >= 15 is 0 Å². The third-order valence-corrected chi connectivity index (χ3v) is 6.49. The van der Waals surface area contributed by atoms with Crippen molar-refractivity contribution in [3.8, 4) is 16.9 Å². The first-order valence-corrected chi connectivity index (χ1v) is 11.2. The van der Waals surface area contributed by atoms with Crippen LogP contribution < -0.4 is 14.5 Å². The average Bonchev–Trinajstić information content (AvgIpc) is 3.27. The molecule has 1 aliphatic rings. The molecule has 0 spiro atoms. The Labute approximate surface area is 200 Å². The summed E-state index contributed by atoms with van der Waals surface area (Å²) in [4.78, 5) is 13.0. The van der Waals surface area contributed by atoms with E-state index in [4.69, 9.17) is 27.9 Å². The molecule has 7 nitrogen and oxygen atoms in total. The minimum absolute atomic E-state index is 0.128. The molecule has 0 bridgehead atoms. The smallest absolute Gasteiger partial charge is 0.255 e. The van der Waals surface area contributed by atoms with Crippen LogP contribution in [0.4, 0.5) is 15.9 Å². The number of aromatic nitrogens is 4. The monoisotopic (exact) mass is 486 g/mol. The Kier molecular flexibility index (Phi) is 5.72. The number of rotatable bonds is 4. The van der Waals surface area contributed by atoms with Crippen molar-refractivity contribution in [2.45, 2.75) is 13.0 Å². The Morgan fingerprint density at radius 3 is 2.55 bits per heavy atom. The molecule has 5 rings (SSSR count). The zero-order valence-electron chi connectivity index (χ0n) is 18.0. The molecule has 1 saturated heterocycles. The lowest BCUT2D eigenvalue weighted by Gasteiger charge is -2.42. The van der Waals surface area contributed by atoms with Gasteiger partial charge in [0, 0.05) is 36.9 Å². The van der Waals surface area contributed by atoms with E-state index in [-0.39, 0.29) is 21.8 Å². The molecule has 4 aromatic rings. The van der Waals surface area contributed by atoms with Gasteiger partial charge >= 0.3 is 0 Å². The molecule has 0 N–H and O–H groups in total. The molecule has 2 aromatic carbocycles. The molecule has 1 aliphatic heterocycles. The number of piperazine rings is 1. The van der Waals surface area contributed by atoms with Crippen molar-refractivity contribution in [1.29, 1.82) is 0 Å². The van der Waals surface area contributed by atoms with Crippen LogP contribution in [0.1, 0.15) is 6.92 Å². The van der Waals surface area contributed by atoms with Crippen LogP contribution in [0.25, 0.3) is 16.9 Å². The van der Waals surface area contributed by atoms with Gasteiger partial charge in [-0.15, -0.1) is 0 Å². The number of hydrogen-bond donors (Lipinski definition) is 0. The average molecular weight is 487 g/mol. The second kappa shape index (κ2) is 8.68.